The Kier molecular flexibility index (Phi) is 3.90. The minimum atomic E-state index is -1.31. The number of carbonyl (C=O) groups excluding carboxylic acids is 1. The van der Waals surface area contributed by atoms with Gasteiger partial charge in [0.25, 0.3) is 0 Å². The van der Waals surface area contributed by atoms with Gasteiger partial charge in [0.1, 0.15) is 5.60 Å². The van der Waals surface area contributed by atoms with Gasteiger partial charge in [-0.25, -0.2) is 9.59 Å². The molecule has 0 unspecified atom stereocenters. The molecule has 0 bridgehead atoms. The maximum atomic E-state index is 12.0. The van der Waals surface area contributed by atoms with Crippen molar-refractivity contribution in [2.45, 2.75) is 51.2 Å². The average molecular weight is 253 g/mol. The quantitative estimate of drug-likeness (QED) is 0.763. The molecule has 1 rings (SSSR count). The number of rotatable bonds is 2. The van der Waals surface area contributed by atoms with Gasteiger partial charge < -0.3 is 9.84 Å². The fraction of sp³-hybridized carbons (Fsp3) is 0.692. The number of likely N-dealkylation sites (tertiary alicyclic amines) is 1. The van der Waals surface area contributed by atoms with E-state index in [1.807, 2.05) is 0 Å². The molecule has 18 heavy (non-hydrogen) atoms. The molecule has 1 N–H and O–H groups in total. The highest BCUT2D eigenvalue weighted by Crippen LogP contribution is 2.34. The van der Waals surface area contributed by atoms with Crippen molar-refractivity contribution in [1.29, 1.82) is 0 Å². The van der Waals surface area contributed by atoms with Crippen LogP contribution in [-0.4, -0.2) is 39.8 Å². The Hall–Kier alpha value is -1.70. The largest absolute Gasteiger partial charge is 0.479 e. The minimum absolute atomic E-state index is 0.00156. The van der Waals surface area contributed by atoms with Crippen molar-refractivity contribution in [3.8, 4) is 12.3 Å². The van der Waals surface area contributed by atoms with Crippen LogP contribution in [0.25, 0.3) is 0 Å². The highest BCUT2D eigenvalue weighted by atomic mass is 16.6. The van der Waals surface area contributed by atoms with Crippen molar-refractivity contribution in [2.24, 2.45) is 0 Å². The highest BCUT2D eigenvalue weighted by molar-refractivity contribution is 5.85. The number of carboxylic acids is 1. The van der Waals surface area contributed by atoms with Gasteiger partial charge in [-0.3, -0.25) is 4.90 Å². The molecule has 0 aliphatic carbocycles. The molecule has 1 atom stereocenters. The molecule has 0 radical (unpaired) electrons. The van der Waals surface area contributed by atoms with E-state index in [1.54, 1.807) is 20.8 Å². The van der Waals surface area contributed by atoms with Gasteiger partial charge in [-0.1, -0.05) is 0 Å². The smallest absolute Gasteiger partial charge is 0.411 e. The summed E-state index contributed by atoms with van der Waals surface area (Å²) in [6, 6.07) is 0. The third-order valence-corrected chi connectivity index (χ3v) is 2.90. The number of carboxylic acid groups (broad SMARTS) is 1. The Labute approximate surface area is 107 Å². The van der Waals surface area contributed by atoms with Crippen LogP contribution in [0.2, 0.25) is 0 Å². The maximum absolute atomic E-state index is 12.0. The van der Waals surface area contributed by atoms with E-state index in [4.69, 9.17) is 11.2 Å². The van der Waals surface area contributed by atoms with E-state index in [-0.39, 0.29) is 6.42 Å². The predicted octanol–water partition coefficient (Wildman–Crippen LogP) is 1.86. The molecule has 5 heteroatoms. The minimum Gasteiger partial charge on any atom is -0.479 e. The number of carbonyl (C=O) groups is 2. The summed E-state index contributed by atoms with van der Waals surface area (Å²) in [5.41, 5.74) is -1.96. The standard InChI is InChI=1S/C13H19NO4/c1-5-7-13(10(15)16)8-6-9-14(13)11(17)18-12(2,3)4/h1H,6-9H2,2-4H3,(H,15,16)/t13-/m1/s1. The molecule has 0 saturated carbocycles. The molecule has 1 aliphatic rings. The molecule has 0 aromatic heterocycles. The number of amides is 1. The Bertz CT molecular complexity index is 391. The van der Waals surface area contributed by atoms with Crippen LogP contribution in [0.1, 0.15) is 40.0 Å². The Morgan fingerprint density at radius 2 is 2.11 bits per heavy atom. The van der Waals surface area contributed by atoms with Gasteiger partial charge in [0.15, 0.2) is 5.54 Å². The molecule has 0 spiro atoms. The van der Waals surface area contributed by atoms with Crippen LogP contribution in [0, 0.1) is 12.3 Å². The Balaban J connectivity index is 2.96. The van der Waals surface area contributed by atoms with Gasteiger partial charge >= 0.3 is 12.1 Å². The van der Waals surface area contributed by atoms with Crippen LogP contribution in [0.15, 0.2) is 0 Å². The summed E-state index contributed by atoms with van der Waals surface area (Å²) >= 11 is 0. The van der Waals surface area contributed by atoms with Gasteiger partial charge in [0.2, 0.25) is 0 Å². The predicted molar refractivity (Wildman–Crippen MR) is 66.0 cm³/mol. The lowest BCUT2D eigenvalue weighted by Gasteiger charge is -2.34. The first-order valence-corrected chi connectivity index (χ1v) is 5.90. The zero-order valence-corrected chi connectivity index (χ0v) is 11.0. The highest BCUT2D eigenvalue weighted by Gasteiger charge is 2.50. The summed E-state index contributed by atoms with van der Waals surface area (Å²) in [5.74, 6) is 1.28. The summed E-state index contributed by atoms with van der Waals surface area (Å²) in [5, 5.41) is 9.37. The second kappa shape index (κ2) is 4.89. The van der Waals surface area contributed by atoms with Crippen LogP contribution in [0.5, 0.6) is 0 Å². The summed E-state index contributed by atoms with van der Waals surface area (Å²) in [4.78, 5) is 24.7. The van der Waals surface area contributed by atoms with Gasteiger partial charge in [-0.2, -0.15) is 0 Å². The van der Waals surface area contributed by atoms with E-state index < -0.39 is 23.2 Å². The topological polar surface area (TPSA) is 66.8 Å². The van der Waals surface area contributed by atoms with E-state index in [9.17, 15) is 14.7 Å². The monoisotopic (exact) mass is 253 g/mol. The molecule has 5 nitrogen and oxygen atoms in total. The first-order valence-electron chi connectivity index (χ1n) is 5.90. The SMILES string of the molecule is C#CC[C@]1(C(=O)O)CCCN1C(=O)OC(C)(C)C. The number of hydrogen-bond donors (Lipinski definition) is 1. The van der Waals surface area contributed by atoms with Crippen LogP contribution >= 0.6 is 0 Å². The summed E-state index contributed by atoms with van der Waals surface area (Å²) in [6.07, 6.45) is 5.60. The third-order valence-electron chi connectivity index (χ3n) is 2.90. The molecular formula is C13H19NO4. The second-order valence-corrected chi connectivity index (χ2v) is 5.45. The lowest BCUT2D eigenvalue weighted by molar-refractivity contribution is -0.149. The lowest BCUT2D eigenvalue weighted by atomic mass is 9.93. The van der Waals surface area contributed by atoms with Gasteiger partial charge in [-0.05, 0) is 33.6 Å². The van der Waals surface area contributed by atoms with Crippen molar-refractivity contribution in [3.05, 3.63) is 0 Å². The third kappa shape index (κ3) is 2.76. The Morgan fingerprint density at radius 1 is 1.50 bits per heavy atom. The van der Waals surface area contributed by atoms with Crippen LogP contribution in [-0.2, 0) is 9.53 Å². The van der Waals surface area contributed by atoms with Crippen LogP contribution in [0.4, 0.5) is 4.79 Å². The average Bonchev–Trinajstić information content (AvgIpc) is 2.60. The molecule has 0 aromatic rings. The summed E-state index contributed by atoms with van der Waals surface area (Å²) in [6.45, 7) is 5.59. The van der Waals surface area contributed by atoms with Crippen molar-refractivity contribution >= 4 is 12.1 Å². The van der Waals surface area contributed by atoms with Gasteiger partial charge in [0, 0.05) is 13.0 Å². The number of ether oxygens (including phenoxy) is 1. The van der Waals surface area contributed by atoms with E-state index in [0.29, 0.717) is 19.4 Å². The fourth-order valence-electron chi connectivity index (χ4n) is 2.11. The second-order valence-electron chi connectivity index (χ2n) is 5.45. The lowest BCUT2D eigenvalue weighted by Crippen LogP contribution is -2.54. The number of nitrogens with zero attached hydrogens (tertiary/aromatic N) is 1. The van der Waals surface area contributed by atoms with Crippen LogP contribution < -0.4 is 0 Å². The van der Waals surface area contributed by atoms with E-state index >= 15 is 0 Å². The molecule has 100 valence electrons. The normalized spacial score (nSPS) is 23.6. The molecule has 1 heterocycles. The summed E-state index contributed by atoms with van der Waals surface area (Å²) in [7, 11) is 0. The van der Waals surface area contributed by atoms with Gasteiger partial charge in [0.05, 0.1) is 0 Å². The first kappa shape index (κ1) is 14.4. The van der Waals surface area contributed by atoms with Crippen molar-refractivity contribution in [2.75, 3.05) is 6.54 Å². The molecule has 1 saturated heterocycles. The van der Waals surface area contributed by atoms with Crippen molar-refractivity contribution < 1.29 is 19.4 Å². The van der Waals surface area contributed by atoms with E-state index in [0.717, 1.165) is 0 Å². The number of hydrogen-bond acceptors (Lipinski definition) is 3. The molecule has 0 aromatic carbocycles. The van der Waals surface area contributed by atoms with E-state index in [1.165, 1.54) is 4.90 Å². The van der Waals surface area contributed by atoms with Crippen molar-refractivity contribution in [1.82, 2.24) is 4.90 Å². The Morgan fingerprint density at radius 3 is 2.56 bits per heavy atom. The number of terminal acetylenes is 1. The summed E-state index contributed by atoms with van der Waals surface area (Å²) < 4.78 is 5.23. The first-order chi connectivity index (χ1) is 8.23. The number of aliphatic carboxylic acids is 1. The molecule has 1 amide bonds. The molecular weight excluding hydrogens is 234 g/mol. The fourth-order valence-corrected chi connectivity index (χ4v) is 2.11. The zero-order chi connectivity index (χ0) is 14.0. The van der Waals surface area contributed by atoms with Crippen LogP contribution in [0.3, 0.4) is 0 Å². The van der Waals surface area contributed by atoms with E-state index in [2.05, 4.69) is 5.92 Å². The molecule has 1 aliphatic heterocycles. The zero-order valence-electron chi connectivity index (χ0n) is 11.0. The van der Waals surface area contributed by atoms with Gasteiger partial charge in [-0.15, -0.1) is 12.3 Å². The van der Waals surface area contributed by atoms with Crippen molar-refractivity contribution in [3.63, 3.8) is 0 Å². The maximum Gasteiger partial charge on any atom is 0.411 e. The molecule has 1 fully saturated rings.